The van der Waals surface area contributed by atoms with E-state index in [0.717, 1.165) is 22.4 Å². The van der Waals surface area contributed by atoms with Gasteiger partial charge in [-0.25, -0.2) is 4.99 Å². The lowest BCUT2D eigenvalue weighted by atomic mass is 10.1. The molecule has 7 heteroatoms. The van der Waals surface area contributed by atoms with Crippen LogP contribution in [0.5, 0.6) is 17.2 Å². The van der Waals surface area contributed by atoms with Gasteiger partial charge in [-0.15, -0.1) is 0 Å². The maximum atomic E-state index is 6.02. The molecule has 0 heterocycles. The molecule has 0 saturated heterocycles. The van der Waals surface area contributed by atoms with Crippen LogP contribution in [0.3, 0.4) is 0 Å². The summed E-state index contributed by atoms with van der Waals surface area (Å²) in [6.07, 6.45) is 0. The molecule has 0 aliphatic carbocycles. The molecule has 2 aromatic rings. The van der Waals surface area contributed by atoms with Crippen molar-refractivity contribution in [2.24, 2.45) is 10.7 Å². The zero-order chi connectivity index (χ0) is 20.4. The molecule has 0 amide bonds. The molecular formula is C21H29N3O4. The Morgan fingerprint density at radius 1 is 0.964 bits per heavy atom. The molecule has 2 rings (SSSR count). The Morgan fingerprint density at radius 2 is 1.75 bits per heavy atom. The lowest BCUT2D eigenvalue weighted by Gasteiger charge is -2.13. The number of rotatable bonds is 10. The first kappa shape index (κ1) is 21.4. The van der Waals surface area contributed by atoms with Crippen molar-refractivity contribution in [2.45, 2.75) is 20.0 Å². The van der Waals surface area contributed by atoms with Gasteiger partial charge in [-0.05, 0) is 36.2 Å². The molecule has 0 aliphatic heterocycles. The van der Waals surface area contributed by atoms with Gasteiger partial charge in [0.2, 0.25) is 0 Å². The second-order valence-electron chi connectivity index (χ2n) is 6.20. The Morgan fingerprint density at radius 3 is 2.46 bits per heavy atom. The summed E-state index contributed by atoms with van der Waals surface area (Å²) in [5, 5.41) is 3.13. The van der Waals surface area contributed by atoms with E-state index in [1.165, 1.54) is 0 Å². The topological polar surface area (TPSA) is 87.3 Å². The van der Waals surface area contributed by atoms with E-state index in [1.54, 1.807) is 21.3 Å². The van der Waals surface area contributed by atoms with Crippen LogP contribution < -0.4 is 25.3 Å². The van der Waals surface area contributed by atoms with Crippen molar-refractivity contribution in [2.75, 3.05) is 34.5 Å². The Labute approximate surface area is 166 Å². The molecule has 0 radical (unpaired) electrons. The smallest absolute Gasteiger partial charge is 0.189 e. The van der Waals surface area contributed by atoms with E-state index in [9.17, 15) is 0 Å². The quantitative estimate of drug-likeness (QED) is 0.370. The van der Waals surface area contributed by atoms with E-state index < -0.39 is 0 Å². The number of ether oxygens (including phenoxy) is 4. The minimum atomic E-state index is 0.359. The van der Waals surface area contributed by atoms with Crippen molar-refractivity contribution in [3.8, 4) is 17.2 Å². The van der Waals surface area contributed by atoms with Crippen LogP contribution in [0.2, 0.25) is 0 Å². The van der Waals surface area contributed by atoms with Crippen molar-refractivity contribution in [1.82, 2.24) is 5.32 Å². The Hall–Kier alpha value is -2.93. The second kappa shape index (κ2) is 11.0. The number of nitrogens with zero attached hydrogens (tertiary/aromatic N) is 1. The fourth-order valence-corrected chi connectivity index (χ4v) is 2.57. The Balaban J connectivity index is 1.97. The summed E-state index contributed by atoms with van der Waals surface area (Å²) >= 11 is 0. The summed E-state index contributed by atoms with van der Waals surface area (Å²) in [4.78, 5) is 4.39. The van der Waals surface area contributed by atoms with Crippen LogP contribution in [0.15, 0.2) is 41.4 Å². The molecule has 0 saturated carbocycles. The first-order valence-electron chi connectivity index (χ1n) is 9.03. The van der Waals surface area contributed by atoms with Gasteiger partial charge in [0.1, 0.15) is 12.4 Å². The minimum Gasteiger partial charge on any atom is -0.493 e. The lowest BCUT2D eigenvalue weighted by Crippen LogP contribution is -2.31. The summed E-state index contributed by atoms with van der Waals surface area (Å²) in [5.41, 5.74) is 9.13. The maximum absolute atomic E-state index is 6.02. The van der Waals surface area contributed by atoms with E-state index >= 15 is 0 Å². The molecule has 0 unspecified atom stereocenters. The molecule has 3 N–H and O–H groups in total. The summed E-state index contributed by atoms with van der Waals surface area (Å²) < 4.78 is 21.4. The van der Waals surface area contributed by atoms with Crippen molar-refractivity contribution < 1.29 is 18.9 Å². The lowest BCUT2D eigenvalue weighted by molar-refractivity contribution is 0.145. The Bertz CT molecular complexity index is 793. The van der Waals surface area contributed by atoms with Gasteiger partial charge < -0.3 is 30.0 Å². The molecule has 0 fully saturated rings. The van der Waals surface area contributed by atoms with Gasteiger partial charge >= 0.3 is 0 Å². The van der Waals surface area contributed by atoms with E-state index in [0.29, 0.717) is 43.8 Å². The van der Waals surface area contributed by atoms with Gasteiger partial charge in [0.15, 0.2) is 17.5 Å². The molecule has 28 heavy (non-hydrogen) atoms. The van der Waals surface area contributed by atoms with E-state index in [4.69, 9.17) is 24.7 Å². The molecule has 0 aliphatic rings. The van der Waals surface area contributed by atoms with Gasteiger partial charge in [-0.3, -0.25) is 0 Å². The first-order valence-corrected chi connectivity index (χ1v) is 9.03. The van der Waals surface area contributed by atoms with Gasteiger partial charge in [-0.1, -0.05) is 18.2 Å². The molecule has 7 nitrogen and oxygen atoms in total. The Kier molecular flexibility index (Phi) is 8.42. The third kappa shape index (κ3) is 6.35. The number of hydrogen-bond donors (Lipinski definition) is 2. The highest BCUT2D eigenvalue weighted by Crippen LogP contribution is 2.27. The summed E-state index contributed by atoms with van der Waals surface area (Å²) in [6, 6.07) is 11.7. The number of nitrogens with two attached hydrogens (primary N) is 1. The standard InChI is InChI=1S/C21H29N3O4/c1-15-5-7-17(19(11-15)28-10-9-25-2)14-24-21(22)23-13-16-6-8-18(26-3)20(12-16)27-4/h5-8,11-12H,9-10,13-14H2,1-4H3,(H3,22,23,24). The third-order valence-electron chi connectivity index (χ3n) is 4.11. The van der Waals surface area contributed by atoms with Gasteiger partial charge in [0.05, 0.1) is 27.4 Å². The fourth-order valence-electron chi connectivity index (χ4n) is 2.57. The van der Waals surface area contributed by atoms with E-state index in [1.807, 2.05) is 43.3 Å². The van der Waals surface area contributed by atoms with Crippen LogP contribution in [0.4, 0.5) is 0 Å². The number of guanidine groups is 1. The predicted octanol–water partition coefficient (Wildman–Crippen LogP) is 2.64. The minimum absolute atomic E-state index is 0.359. The van der Waals surface area contributed by atoms with Crippen LogP contribution in [0.1, 0.15) is 16.7 Å². The van der Waals surface area contributed by atoms with Crippen LogP contribution in [-0.2, 0) is 17.8 Å². The zero-order valence-corrected chi connectivity index (χ0v) is 17.0. The molecular weight excluding hydrogens is 358 g/mol. The first-order chi connectivity index (χ1) is 13.6. The van der Waals surface area contributed by atoms with Crippen LogP contribution >= 0.6 is 0 Å². The van der Waals surface area contributed by atoms with E-state index in [2.05, 4.69) is 10.3 Å². The van der Waals surface area contributed by atoms with E-state index in [-0.39, 0.29) is 0 Å². The van der Waals surface area contributed by atoms with Gasteiger partial charge in [0, 0.05) is 19.2 Å². The summed E-state index contributed by atoms with van der Waals surface area (Å²) in [6.45, 7) is 4.01. The SMILES string of the molecule is COCCOc1cc(C)ccc1CNC(N)=NCc1ccc(OC)c(OC)c1. The van der Waals surface area contributed by atoms with Crippen molar-refractivity contribution in [3.63, 3.8) is 0 Å². The molecule has 0 spiro atoms. The molecule has 0 bridgehead atoms. The summed E-state index contributed by atoms with van der Waals surface area (Å²) in [5.74, 6) is 2.52. The number of hydrogen-bond acceptors (Lipinski definition) is 5. The van der Waals surface area contributed by atoms with Crippen molar-refractivity contribution in [1.29, 1.82) is 0 Å². The van der Waals surface area contributed by atoms with Crippen molar-refractivity contribution in [3.05, 3.63) is 53.1 Å². The van der Waals surface area contributed by atoms with Gasteiger partial charge in [-0.2, -0.15) is 0 Å². The average molecular weight is 387 g/mol. The molecule has 0 atom stereocenters. The average Bonchev–Trinajstić information content (AvgIpc) is 2.71. The predicted molar refractivity (Wildman–Crippen MR) is 110 cm³/mol. The third-order valence-corrected chi connectivity index (χ3v) is 4.11. The van der Waals surface area contributed by atoms with Crippen molar-refractivity contribution >= 4 is 5.96 Å². The number of benzene rings is 2. The van der Waals surface area contributed by atoms with Crippen LogP contribution in [0, 0.1) is 6.92 Å². The fraction of sp³-hybridized carbons (Fsp3) is 0.381. The highest BCUT2D eigenvalue weighted by molar-refractivity contribution is 5.77. The van der Waals surface area contributed by atoms with Gasteiger partial charge in [0.25, 0.3) is 0 Å². The highest BCUT2D eigenvalue weighted by atomic mass is 16.5. The number of methoxy groups -OCH3 is 3. The van der Waals surface area contributed by atoms with Crippen LogP contribution in [-0.4, -0.2) is 40.5 Å². The second-order valence-corrected chi connectivity index (χ2v) is 6.20. The molecule has 2 aromatic carbocycles. The monoisotopic (exact) mass is 387 g/mol. The zero-order valence-electron chi connectivity index (χ0n) is 17.0. The number of nitrogens with one attached hydrogen (secondary N) is 1. The number of aryl methyl sites for hydroxylation is 1. The number of aliphatic imine (C=N–C) groups is 1. The summed E-state index contributed by atoms with van der Waals surface area (Å²) in [7, 11) is 4.86. The maximum Gasteiger partial charge on any atom is 0.189 e. The highest BCUT2D eigenvalue weighted by Gasteiger charge is 2.06. The molecule has 0 aromatic heterocycles. The normalized spacial score (nSPS) is 11.2. The van der Waals surface area contributed by atoms with Crippen LogP contribution in [0.25, 0.3) is 0 Å². The largest absolute Gasteiger partial charge is 0.493 e. The molecule has 152 valence electrons.